The van der Waals surface area contributed by atoms with Crippen molar-refractivity contribution in [3.05, 3.63) is 48.4 Å². The van der Waals surface area contributed by atoms with Gasteiger partial charge in [-0.05, 0) is 30.7 Å². The summed E-state index contributed by atoms with van der Waals surface area (Å²) in [6.07, 6.45) is 3.68. The molecule has 90 valence electrons. The van der Waals surface area contributed by atoms with Crippen LogP contribution in [0.15, 0.2) is 42.7 Å². The van der Waals surface area contributed by atoms with Crippen LogP contribution in [0.5, 0.6) is 5.75 Å². The normalized spacial score (nSPS) is 10.8. The van der Waals surface area contributed by atoms with Crippen LogP contribution >= 0.6 is 0 Å². The van der Waals surface area contributed by atoms with E-state index in [0.29, 0.717) is 0 Å². The number of methoxy groups -OCH3 is 1. The molecule has 18 heavy (non-hydrogen) atoms. The Morgan fingerprint density at radius 1 is 1.22 bits per heavy atom. The molecule has 0 radical (unpaired) electrons. The minimum atomic E-state index is 0.835. The number of nitrogens with zero attached hydrogens (tertiary/aromatic N) is 3. The van der Waals surface area contributed by atoms with E-state index in [1.54, 1.807) is 17.8 Å². The lowest BCUT2D eigenvalue weighted by Gasteiger charge is -2.03. The van der Waals surface area contributed by atoms with E-state index in [-0.39, 0.29) is 0 Å². The molecule has 2 heterocycles. The van der Waals surface area contributed by atoms with Gasteiger partial charge in [-0.25, -0.2) is 9.50 Å². The third-order valence-electron chi connectivity index (χ3n) is 2.93. The number of aromatic nitrogens is 3. The first-order valence-corrected chi connectivity index (χ1v) is 5.74. The van der Waals surface area contributed by atoms with Crippen molar-refractivity contribution >= 4 is 5.65 Å². The van der Waals surface area contributed by atoms with Crippen molar-refractivity contribution in [2.75, 3.05) is 7.11 Å². The van der Waals surface area contributed by atoms with Gasteiger partial charge in [-0.2, -0.15) is 5.10 Å². The van der Waals surface area contributed by atoms with E-state index in [0.717, 1.165) is 28.2 Å². The van der Waals surface area contributed by atoms with Gasteiger partial charge in [0.15, 0.2) is 5.65 Å². The molecular weight excluding hydrogens is 226 g/mol. The minimum absolute atomic E-state index is 0.835. The zero-order valence-electron chi connectivity index (χ0n) is 10.3. The lowest BCUT2D eigenvalue weighted by Crippen LogP contribution is -1.88. The van der Waals surface area contributed by atoms with Gasteiger partial charge in [-0.1, -0.05) is 12.1 Å². The van der Waals surface area contributed by atoms with Crippen LogP contribution in [0.1, 0.15) is 5.69 Å². The monoisotopic (exact) mass is 239 g/mol. The maximum atomic E-state index is 5.26. The van der Waals surface area contributed by atoms with Gasteiger partial charge in [0.1, 0.15) is 5.75 Å². The van der Waals surface area contributed by atoms with Gasteiger partial charge in [-0.3, -0.25) is 0 Å². The Bertz CT molecular complexity index is 703. The van der Waals surface area contributed by atoms with E-state index in [9.17, 15) is 0 Å². The Hall–Kier alpha value is -2.36. The van der Waals surface area contributed by atoms with Crippen LogP contribution in [0.2, 0.25) is 0 Å². The highest BCUT2D eigenvalue weighted by Gasteiger charge is 2.12. The van der Waals surface area contributed by atoms with Crippen molar-refractivity contribution in [3.8, 4) is 16.9 Å². The van der Waals surface area contributed by atoms with Crippen LogP contribution in [0.25, 0.3) is 16.8 Å². The first-order chi connectivity index (χ1) is 8.79. The fraction of sp³-hybridized carbons (Fsp3) is 0.143. The molecule has 0 fully saturated rings. The molecule has 1 aromatic carbocycles. The maximum absolute atomic E-state index is 5.26. The van der Waals surface area contributed by atoms with Crippen molar-refractivity contribution in [1.82, 2.24) is 14.6 Å². The Morgan fingerprint density at radius 3 is 2.94 bits per heavy atom. The molecule has 4 heteroatoms. The molecule has 4 nitrogen and oxygen atoms in total. The summed E-state index contributed by atoms with van der Waals surface area (Å²) in [4.78, 5) is 4.39. The molecule has 0 aliphatic heterocycles. The Labute approximate surface area is 105 Å². The van der Waals surface area contributed by atoms with Crippen molar-refractivity contribution in [3.63, 3.8) is 0 Å². The third kappa shape index (κ3) is 1.62. The molecule has 0 atom stereocenters. The van der Waals surface area contributed by atoms with E-state index in [1.165, 1.54) is 0 Å². The summed E-state index contributed by atoms with van der Waals surface area (Å²) < 4.78 is 7.05. The van der Waals surface area contributed by atoms with Gasteiger partial charge in [0.05, 0.1) is 12.8 Å². The predicted octanol–water partition coefficient (Wildman–Crippen LogP) is 2.71. The fourth-order valence-corrected chi connectivity index (χ4v) is 2.11. The molecule has 0 aliphatic rings. The van der Waals surface area contributed by atoms with Crippen molar-refractivity contribution < 1.29 is 4.74 Å². The molecule has 0 unspecified atom stereocenters. The van der Waals surface area contributed by atoms with Crippen LogP contribution in [-0.4, -0.2) is 21.7 Å². The third-order valence-corrected chi connectivity index (χ3v) is 2.93. The average Bonchev–Trinajstić information content (AvgIpc) is 2.74. The van der Waals surface area contributed by atoms with Gasteiger partial charge in [0, 0.05) is 18.0 Å². The summed E-state index contributed by atoms with van der Waals surface area (Å²) in [5, 5.41) is 4.46. The lowest BCUT2D eigenvalue weighted by atomic mass is 10.1. The van der Waals surface area contributed by atoms with Gasteiger partial charge >= 0.3 is 0 Å². The predicted molar refractivity (Wildman–Crippen MR) is 69.7 cm³/mol. The highest BCUT2D eigenvalue weighted by molar-refractivity contribution is 5.80. The summed E-state index contributed by atoms with van der Waals surface area (Å²) in [5.41, 5.74) is 3.94. The van der Waals surface area contributed by atoms with Gasteiger partial charge in [0.25, 0.3) is 0 Å². The number of aryl methyl sites for hydroxylation is 1. The summed E-state index contributed by atoms with van der Waals surface area (Å²) in [6, 6.07) is 9.81. The second kappa shape index (κ2) is 4.14. The standard InChI is InChI=1S/C14H13N3O/c1-10-13(11-5-3-6-12(9-11)18-2)14-15-7-4-8-17(14)16-10/h3-9H,1-2H3. The number of fused-ring (bicyclic) bond motifs is 1. The van der Waals surface area contributed by atoms with E-state index in [2.05, 4.69) is 10.1 Å². The Morgan fingerprint density at radius 2 is 2.11 bits per heavy atom. The second-order valence-electron chi connectivity index (χ2n) is 4.08. The molecular formula is C14H13N3O. The first kappa shape index (κ1) is 10.8. The average molecular weight is 239 g/mol. The SMILES string of the molecule is COc1cccc(-c2c(C)nn3cccnc23)c1. The largest absolute Gasteiger partial charge is 0.497 e. The summed E-state index contributed by atoms with van der Waals surface area (Å²) >= 11 is 0. The molecule has 2 aromatic heterocycles. The van der Waals surface area contributed by atoms with E-state index < -0.39 is 0 Å². The van der Waals surface area contributed by atoms with E-state index >= 15 is 0 Å². The van der Waals surface area contributed by atoms with Crippen LogP contribution < -0.4 is 4.74 Å². The molecule has 0 saturated carbocycles. The quantitative estimate of drug-likeness (QED) is 0.690. The maximum Gasteiger partial charge on any atom is 0.163 e. The van der Waals surface area contributed by atoms with Gasteiger partial charge in [-0.15, -0.1) is 0 Å². The van der Waals surface area contributed by atoms with Crippen molar-refractivity contribution in [2.45, 2.75) is 6.92 Å². The molecule has 0 aliphatic carbocycles. The number of rotatable bonds is 2. The molecule has 3 rings (SSSR count). The number of benzene rings is 1. The molecule has 0 bridgehead atoms. The summed E-state index contributed by atoms with van der Waals surface area (Å²) in [5.74, 6) is 0.835. The van der Waals surface area contributed by atoms with E-state index in [1.807, 2.05) is 43.5 Å². The number of hydrogen-bond acceptors (Lipinski definition) is 3. The van der Waals surface area contributed by atoms with E-state index in [4.69, 9.17) is 4.74 Å². The summed E-state index contributed by atoms with van der Waals surface area (Å²) in [6.45, 7) is 1.99. The zero-order chi connectivity index (χ0) is 12.5. The smallest absolute Gasteiger partial charge is 0.163 e. The highest BCUT2D eigenvalue weighted by Crippen LogP contribution is 2.29. The number of ether oxygens (including phenoxy) is 1. The Kier molecular flexibility index (Phi) is 2.48. The lowest BCUT2D eigenvalue weighted by molar-refractivity contribution is 0.415. The van der Waals surface area contributed by atoms with Crippen LogP contribution in [0.3, 0.4) is 0 Å². The molecule has 0 amide bonds. The van der Waals surface area contributed by atoms with Crippen LogP contribution in [0, 0.1) is 6.92 Å². The number of hydrogen-bond donors (Lipinski definition) is 0. The molecule has 3 aromatic rings. The van der Waals surface area contributed by atoms with Crippen LogP contribution in [-0.2, 0) is 0 Å². The van der Waals surface area contributed by atoms with Gasteiger partial charge in [0.2, 0.25) is 0 Å². The highest BCUT2D eigenvalue weighted by atomic mass is 16.5. The second-order valence-corrected chi connectivity index (χ2v) is 4.08. The minimum Gasteiger partial charge on any atom is -0.497 e. The molecule has 0 saturated heterocycles. The first-order valence-electron chi connectivity index (χ1n) is 5.74. The zero-order valence-corrected chi connectivity index (χ0v) is 10.3. The topological polar surface area (TPSA) is 39.4 Å². The Balaban J connectivity index is 2.27. The molecule has 0 spiro atoms. The van der Waals surface area contributed by atoms with Crippen molar-refractivity contribution in [2.24, 2.45) is 0 Å². The van der Waals surface area contributed by atoms with Crippen LogP contribution in [0.4, 0.5) is 0 Å². The summed E-state index contributed by atoms with van der Waals surface area (Å²) in [7, 11) is 1.67. The molecule has 0 N–H and O–H groups in total. The van der Waals surface area contributed by atoms with Crippen molar-refractivity contribution in [1.29, 1.82) is 0 Å². The fourth-order valence-electron chi connectivity index (χ4n) is 2.11. The van der Waals surface area contributed by atoms with Gasteiger partial charge < -0.3 is 4.74 Å².